The van der Waals surface area contributed by atoms with Crippen molar-refractivity contribution < 1.29 is 28.5 Å². The molecule has 0 spiro atoms. The topological polar surface area (TPSA) is 71.1 Å². The second-order valence-electron chi connectivity index (χ2n) is 14.6. The predicted octanol–water partition coefficient (Wildman–Crippen LogP) is 9.37. The Labute approximate surface area is 275 Å². The molecule has 0 atom stereocenters. The molecule has 0 aromatic heterocycles. The van der Waals surface area contributed by atoms with Gasteiger partial charge in [-0.2, -0.15) is 0 Å². The average Bonchev–Trinajstić information content (AvgIpc) is 3.80. The van der Waals surface area contributed by atoms with E-state index in [1.807, 2.05) is 0 Å². The lowest BCUT2D eigenvalue weighted by Crippen LogP contribution is -2.33. The fourth-order valence-electron chi connectivity index (χ4n) is 8.88. The molecule has 46 heavy (non-hydrogen) atoms. The van der Waals surface area contributed by atoms with E-state index in [9.17, 15) is 9.59 Å². The molecule has 0 N–H and O–H groups in total. The summed E-state index contributed by atoms with van der Waals surface area (Å²) in [6, 6.07) is 13.0. The first-order valence-electron chi connectivity index (χ1n) is 18.2. The maximum absolute atomic E-state index is 12.4. The van der Waals surface area contributed by atoms with E-state index in [0.717, 1.165) is 100 Å². The lowest BCUT2D eigenvalue weighted by Gasteiger charge is -2.40. The second kappa shape index (κ2) is 14.8. The van der Waals surface area contributed by atoms with Gasteiger partial charge in [-0.25, -0.2) is 0 Å². The molecule has 250 valence electrons. The highest BCUT2D eigenvalue weighted by atomic mass is 16.5. The Morgan fingerprint density at radius 3 is 1.28 bits per heavy atom. The lowest BCUT2D eigenvalue weighted by molar-refractivity contribution is -0.122. The number of hydrogen-bond donors (Lipinski definition) is 0. The third-order valence-corrected chi connectivity index (χ3v) is 11.8. The summed E-state index contributed by atoms with van der Waals surface area (Å²) in [6.45, 7) is 0. The van der Waals surface area contributed by atoms with Crippen LogP contribution in [-0.2, 0) is 20.4 Å². The molecule has 0 heterocycles. The summed E-state index contributed by atoms with van der Waals surface area (Å²) < 4.78 is 24.4. The largest absolute Gasteiger partial charge is 0.493 e. The maximum Gasteiger partial charge on any atom is 0.161 e. The Hall–Kier alpha value is -3.02. The molecule has 4 aliphatic carbocycles. The van der Waals surface area contributed by atoms with Crippen molar-refractivity contribution in [1.82, 2.24) is 0 Å². The van der Waals surface area contributed by atoms with Crippen LogP contribution >= 0.6 is 0 Å². The van der Waals surface area contributed by atoms with Gasteiger partial charge in [0.25, 0.3) is 0 Å². The van der Waals surface area contributed by atoms with Crippen molar-refractivity contribution in [1.29, 1.82) is 0 Å². The van der Waals surface area contributed by atoms with Gasteiger partial charge in [0.15, 0.2) is 23.0 Å². The number of carbonyl (C=O) groups is 2. The summed E-state index contributed by atoms with van der Waals surface area (Å²) >= 11 is 0. The van der Waals surface area contributed by atoms with E-state index in [1.165, 1.54) is 36.8 Å². The number of ether oxygens (including phenoxy) is 4. The number of hydrogen-bond acceptors (Lipinski definition) is 6. The van der Waals surface area contributed by atoms with Crippen LogP contribution in [0.3, 0.4) is 0 Å². The highest BCUT2D eigenvalue weighted by molar-refractivity contribution is 5.80. The number of unbranched alkanes of at least 4 members (excludes halogenated alkanes) is 1. The quantitative estimate of drug-likeness (QED) is 0.205. The molecule has 0 unspecified atom stereocenters. The van der Waals surface area contributed by atoms with Crippen LogP contribution in [0.15, 0.2) is 36.4 Å². The van der Waals surface area contributed by atoms with Gasteiger partial charge in [-0.3, -0.25) is 9.59 Å². The van der Waals surface area contributed by atoms with Gasteiger partial charge in [0.2, 0.25) is 0 Å². The highest BCUT2D eigenvalue weighted by Crippen LogP contribution is 2.48. The number of methoxy groups -OCH3 is 2. The first-order valence-corrected chi connectivity index (χ1v) is 18.2. The van der Waals surface area contributed by atoms with Crippen molar-refractivity contribution in [3.05, 3.63) is 47.5 Å². The molecule has 2 aromatic carbocycles. The van der Waals surface area contributed by atoms with Gasteiger partial charge in [0, 0.05) is 25.7 Å². The summed E-state index contributed by atoms with van der Waals surface area (Å²) in [6.07, 6.45) is 20.2. The zero-order valence-electron chi connectivity index (χ0n) is 28.2. The first kappa shape index (κ1) is 32.9. The van der Waals surface area contributed by atoms with Crippen molar-refractivity contribution in [2.24, 2.45) is 0 Å². The molecule has 0 amide bonds. The number of rotatable bonds is 13. The van der Waals surface area contributed by atoms with Crippen molar-refractivity contribution in [3.8, 4) is 23.0 Å². The predicted molar refractivity (Wildman–Crippen MR) is 181 cm³/mol. The minimum Gasteiger partial charge on any atom is -0.493 e. The monoisotopic (exact) mass is 630 g/mol. The van der Waals surface area contributed by atoms with Crippen molar-refractivity contribution in [2.45, 2.75) is 151 Å². The standard InChI is InChI=1S/C40H54O6/c1-43-35-15-13-29(27-37(35)45-33-9-3-4-10-33)39(23-17-31(41)18-24-39)21-7-8-22-40(25-19-32(42)20-26-40)30-14-16-36(44-2)38(28-30)46-34-11-5-6-12-34/h13-16,27-28,33-34H,3-12,17-26H2,1-2H3. The number of Topliss-reactive ketones (excluding diaryl/α,β-unsaturated/α-hetero) is 2. The Morgan fingerprint density at radius 2 is 0.935 bits per heavy atom. The zero-order valence-corrected chi connectivity index (χ0v) is 28.2. The number of carbonyl (C=O) groups excluding carboxylic acids is 2. The van der Waals surface area contributed by atoms with Crippen LogP contribution in [0.4, 0.5) is 0 Å². The van der Waals surface area contributed by atoms with Crippen LogP contribution in [0.1, 0.15) is 140 Å². The Morgan fingerprint density at radius 1 is 0.565 bits per heavy atom. The second-order valence-corrected chi connectivity index (χ2v) is 14.6. The van der Waals surface area contributed by atoms with Gasteiger partial charge >= 0.3 is 0 Å². The summed E-state index contributed by atoms with van der Waals surface area (Å²) in [7, 11) is 3.43. The summed E-state index contributed by atoms with van der Waals surface area (Å²) in [4.78, 5) is 24.9. The van der Waals surface area contributed by atoms with Gasteiger partial charge in [0.1, 0.15) is 11.6 Å². The van der Waals surface area contributed by atoms with Crippen LogP contribution < -0.4 is 18.9 Å². The molecule has 6 nitrogen and oxygen atoms in total. The zero-order chi connectivity index (χ0) is 32.0. The Kier molecular flexibility index (Phi) is 10.6. The molecule has 0 saturated heterocycles. The SMILES string of the molecule is COc1ccc(C2(CCCCC3(c4ccc(OC)c(OC5CCCC5)c4)CCC(=O)CC3)CCC(=O)CC2)cc1OC1CCCC1. The smallest absolute Gasteiger partial charge is 0.161 e. The number of benzene rings is 2. The van der Waals surface area contributed by atoms with Gasteiger partial charge in [0.05, 0.1) is 26.4 Å². The molecule has 0 bridgehead atoms. The van der Waals surface area contributed by atoms with Gasteiger partial charge < -0.3 is 18.9 Å². The van der Waals surface area contributed by atoms with Crippen LogP contribution in [0.25, 0.3) is 0 Å². The molecular weight excluding hydrogens is 576 g/mol. The fraction of sp³-hybridized carbons (Fsp3) is 0.650. The molecule has 4 fully saturated rings. The third-order valence-electron chi connectivity index (χ3n) is 11.8. The molecule has 0 aliphatic heterocycles. The summed E-state index contributed by atoms with van der Waals surface area (Å²) in [5.74, 6) is 4.05. The fourth-order valence-corrected chi connectivity index (χ4v) is 8.88. The van der Waals surface area contributed by atoms with E-state index in [2.05, 4.69) is 36.4 Å². The van der Waals surface area contributed by atoms with Crippen molar-refractivity contribution in [2.75, 3.05) is 14.2 Å². The van der Waals surface area contributed by atoms with E-state index in [-0.39, 0.29) is 23.0 Å². The van der Waals surface area contributed by atoms with E-state index in [4.69, 9.17) is 18.9 Å². The first-order chi connectivity index (χ1) is 22.4. The normalized spacial score (nSPS) is 21.8. The average molecular weight is 631 g/mol. The molecule has 2 aromatic rings. The van der Waals surface area contributed by atoms with E-state index in [0.29, 0.717) is 37.2 Å². The molecular formula is C40H54O6. The summed E-state index contributed by atoms with van der Waals surface area (Å²) in [5.41, 5.74) is 2.50. The maximum atomic E-state index is 12.4. The highest BCUT2D eigenvalue weighted by Gasteiger charge is 2.39. The van der Waals surface area contributed by atoms with Crippen LogP contribution in [0.2, 0.25) is 0 Å². The van der Waals surface area contributed by atoms with E-state index >= 15 is 0 Å². The van der Waals surface area contributed by atoms with Crippen LogP contribution in [0.5, 0.6) is 23.0 Å². The third kappa shape index (κ3) is 7.42. The van der Waals surface area contributed by atoms with Crippen LogP contribution in [0, 0.1) is 0 Å². The Balaban J connectivity index is 1.19. The van der Waals surface area contributed by atoms with Gasteiger partial charge in [-0.15, -0.1) is 0 Å². The molecule has 4 saturated carbocycles. The molecule has 6 rings (SSSR count). The van der Waals surface area contributed by atoms with Gasteiger partial charge in [-0.1, -0.05) is 25.0 Å². The minimum absolute atomic E-state index is 0.0356. The van der Waals surface area contributed by atoms with Crippen LogP contribution in [-0.4, -0.2) is 38.0 Å². The molecule has 4 aliphatic rings. The van der Waals surface area contributed by atoms with E-state index < -0.39 is 0 Å². The van der Waals surface area contributed by atoms with Crippen molar-refractivity contribution >= 4 is 11.6 Å². The number of ketones is 2. The van der Waals surface area contributed by atoms with Crippen molar-refractivity contribution in [3.63, 3.8) is 0 Å². The summed E-state index contributed by atoms with van der Waals surface area (Å²) in [5, 5.41) is 0. The van der Waals surface area contributed by atoms with E-state index in [1.54, 1.807) is 14.2 Å². The molecule has 0 radical (unpaired) electrons. The Bertz CT molecular complexity index is 1230. The lowest BCUT2D eigenvalue weighted by atomic mass is 9.64. The minimum atomic E-state index is -0.0356. The van der Waals surface area contributed by atoms with Gasteiger partial charge in [-0.05, 0) is 136 Å². The molecule has 6 heteroatoms.